The fourth-order valence-electron chi connectivity index (χ4n) is 2.43. The first-order valence-corrected chi connectivity index (χ1v) is 7.38. The maximum atomic E-state index is 13.2. The van der Waals surface area contributed by atoms with Crippen molar-refractivity contribution in [1.82, 2.24) is 5.32 Å². The van der Waals surface area contributed by atoms with Gasteiger partial charge >= 0.3 is 0 Å². The highest BCUT2D eigenvalue weighted by Gasteiger charge is 2.30. The minimum atomic E-state index is -0.782. The number of carbonyl (C=O) groups is 1. The predicted molar refractivity (Wildman–Crippen MR) is 85.6 cm³/mol. The fraction of sp³-hybridized carbons (Fsp3) is 0.278. The van der Waals surface area contributed by atoms with Gasteiger partial charge in [0, 0.05) is 0 Å². The van der Waals surface area contributed by atoms with E-state index in [2.05, 4.69) is 5.32 Å². The smallest absolute Gasteiger partial charge is 0.237 e. The van der Waals surface area contributed by atoms with Gasteiger partial charge in [-0.3, -0.25) is 4.79 Å². The Morgan fingerprint density at radius 2 is 1.57 bits per heavy atom. The Morgan fingerprint density at radius 3 is 2.04 bits per heavy atom. The van der Waals surface area contributed by atoms with Crippen LogP contribution in [0.5, 0.6) is 0 Å². The molecule has 0 aliphatic rings. The minimum Gasteiger partial charge on any atom is -0.345 e. The van der Waals surface area contributed by atoms with E-state index < -0.39 is 11.6 Å². The van der Waals surface area contributed by atoms with Gasteiger partial charge in [-0.05, 0) is 55.7 Å². The van der Waals surface area contributed by atoms with Gasteiger partial charge in [0.05, 0.1) is 11.6 Å². The van der Waals surface area contributed by atoms with E-state index in [1.54, 1.807) is 31.2 Å². The van der Waals surface area contributed by atoms with Crippen LogP contribution in [-0.4, -0.2) is 11.9 Å². The van der Waals surface area contributed by atoms with Crippen LogP contribution in [0.1, 0.15) is 25.0 Å². The van der Waals surface area contributed by atoms with Crippen molar-refractivity contribution in [1.29, 1.82) is 0 Å². The molecular weight excluding hydrogens is 298 g/mol. The molecule has 0 aliphatic carbocycles. The summed E-state index contributed by atoms with van der Waals surface area (Å²) in [7, 11) is 0. The third-order valence-electron chi connectivity index (χ3n) is 3.76. The lowest BCUT2D eigenvalue weighted by molar-refractivity contribution is -0.123. The number of rotatable bonds is 5. The van der Waals surface area contributed by atoms with Crippen LogP contribution in [0.25, 0.3) is 0 Å². The highest BCUT2D eigenvalue weighted by Crippen LogP contribution is 2.26. The van der Waals surface area contributed by atoms with E-state index in [1.807, 2.05) is 6.92 Å². The first kappa shape index (κ1) is 17.1. The molecule has 2 rings (SSSR count). The summed E-state index contributed by atoms with van der Waals surface area (Å²) >= 11 is 0. The Balaban J connectivity index is 2.35. The molecule has 0 spiro atoms. The van der Waals surface area contributed by atoms with E-state index in [1.165, 1.54) is 24.3 Å². The highest BCUT2D eigenvalue weighted by atomic mass is 19.1. The summed E-state index contributed by atoms with van der Waals surface area (Å²) in [5.41, 5.74) is 6.45. The molecule has 0 fully saturated rings. The molecule has 2 atom stereocenters. The summed E-state index contributed by atoms with van der Waals surface area (Å²) in [4.78, 5) is 12.1. The summed E-state index contributed by atoms with van der Waals surface area (Å²) in [6.07, 6.45) is 0.428. The molecule has 0 radical (unpaired) electrons. The number of halogens is 2. The predicted octanol–water partition coefficient (Wildman–Crippen LogP) is 2.89. The topological polar surface area (TPSA) is 55.1 Å². The molecule has 3 N–H and O–H groups in total. The number of nitrogens with two attached hydrogens (primary N) is 1. The molecule has 3 nitrogen and oxygen atoms in total. The monoisotopic (exact) mass is 318 g/mol. The van der Waals surface area contributed by atoms with Crippen molar-refractivity contribution in [3.8, 4) is 0 Å². The molecule has 2 aromatic carbocycles. The van der Waals surface area contributed by atoms with E-state index in [-0.39, 0.29) is 17.5 Å². The molecule has 1 amide bonds. The number of hydrogen-bond acceptors (Lipinski definition) is 2. The lowest BCUT2D eigenvalue weighted by Gasteiger charge is -2.32. The van der Waals surface area contributed by atoms with Crippen LogP contribution in [0.3, 0.4) is 0 Å². The lowest BCUT2D eigenvalue weighted by Crippen LogP contribution is -2.50. The van der Waals surface area contributed by atoms with Crippen molar-refractivity contribution in [3.63, 3.8) is 0 Å². The molecule has 122 valence electrons. The average Bonchev–Trinajstić information content (AvgIpc) is 2.50. The Bertz CT molecular complexity index is 668. The molecule has 2 aromatic rings. The number of benzene rings is 2. The summed E-state index contributed by atoms with van der Waals surface area (Å²) in [5, 5.41) is 2.91. The number of hydrogen-bond donors (Lipinski definition) is 2. The van der Waals surface area contributed by atoms with Crippen molar-refractivity contribution in [2.75, 3.05) is 0 Å². The zero-order valence-electron chi connectivity index (χ0n) is 13.1. The zero-order chi connectivity index (χ0) is 17.0. The molecular formula is C18H20F2N2O. The van der Waals surface area contributed by atoms with Crippen molar-refractivity contribution in [3.05, 3.63) is 71.3 Å². The second kappa shape index (κ2) is 6.87. The molecule has 23 heavy (non-hydrogen) atoms. The van der Waals surface area contributed by atoms with Gasteiger partial charge in [0.1, 0.15) is 11.6 Å². The quantitative estimate of drug-likeness (QED) is 0.890. The van der Waals surface area contributed by atoms with Crippen molar-refractivity contribution in [2.45, 2.75) is 31.8 Å². The SMILES string of the molecule is C[C@H](N)C(=O)NC(C)(Cc1ccc(F)cc1)c1ccc(F)cc1. The maximum absolute atomic E-state index is 13.2. The van der Waals surface area contributed by atoms with Gasteiger partial charge in [-0.25, -0.2) is 8.78 Å². The lowest BCUT2D eigenvalue weighted by atomic mass is 9.85. The molecule has 0 aromatic heterocycles. The van der Waals surface area contributed by atoms with E-state index in [0.717, 1.165) is 11.1 Å². The first-order valence-electron chi connectivity index (χ1n) is 7.38. The third kappa shape index (κ3) is 4.36. The summed E-state index contributed by atoms with van der Waals surface area (Å²) in [5.74, 6) is -0.979. The molecule has 0 bridgehead atoms. The Hall–Kier alpha value is -2.27. The summed E-state index contributed by atoms with van der Waals surface area (Å²) in [6, 6.07) is 11.3. The standard InChI is InChI=1S/C18H20F2N2O/c1-12(21)17(23)22-18(2,14-5-9-16(20)10-6-14)11-13-3-7-15(19)8-4-13/h3-10,12H,11,21H2,1-2H3,(H,22,23)/t12-,18?/m0/s1. The van der Waals surface area contributed by atoms with Crippen LogP contribution in [0, 0.1) is 11.6 Å². The second-order valence-electron chi connectivity index (χ2n) is 5.92. The first-order chi connectivity index (χ1) is 10.8. The maximum Gasteiger partial charge on any atom is 0.237 e. The number of carbonyl (C=O) groups excluding carboxylic acids is 1. The number of nitrogens with one attached hydrogen (secondary N) is 1. The van der Waals surface area contributed by atoms with Gasteiger partial charge in [-0.1, -0.05) is 24.3 Å². The highest BCUT2D eigenvalue weighted by molar-refractivity contribution is 5.82. The number of amides is 1. The Morgan fingerprint density at radius 1 is 1.09 bits per heavy atom. The van der Waals surface area contributed by atoms with Gasteiger partial charge in [-0.15, -0.1) is 0 Å². The second-order valence-corrected chi connectivity index (χ2v) is 5.92. The Kier molecular flexibility index (Phi) is 5.11. The molecule has 0 aliphatic heterocycles. The van der Waals surface area contributed by atoms with Crippen molar-refractivity contribution in [2.24, 2.45) is 5.73 Å². The molecule has 5 heteroatoms. The van der Waals surface area contributed by atoms with E-state index in [4.69, 9.17) is 5.73 Å². The summed E-state index contributed by atoms with van der Waals surface area (Å²) in [6.45, 7) is 3.43. The minimum absolute atomic E-state index is 0.307. The zero-order valence-corrected chi connectivity index (χ0v) is 13.1. The molecule has 0 heterocycles. The van der Waals surface area contributed by atoms with Gasteiger partial charge in [-0.2, -0.15) is 0 Å². The van der Waals surface area contributed by atoms with E-state index in [0.29, 0.717) is 6.42 Å². The fourth-order valence-corrected chi connectivity index (χ4v) is 2.43. The van der Waals surface area contributed by atoms with Gasteiger partial charge < -0.3 is 11.1 Å². The molecule has 0 saturated carbocycles. The van der Waals surface area contributed by atoms with Crippen LogP contribution in [-0.2, 0) is 16.8 Å². The van der Waals surface area contributed by atoms with Crippen LogP contribution in [0.2, 0.25) is 0 Å². The van der Waals surface area contributed by atoms with E-state index in [9.17, 15) is 13.6 Å². The third-order valence-corrected chi connectivity index (χ3v) is 3.76. The molecule has 0 saturated heterocycles. The average molecular weight is 318 g/mol. The van der Waals surface area contributed by atoms with Gasteiger partial charge in [0.15, 0.2) is 0 Å². The van der Waals surface area contributed by atoms with Crippen molar-refractivity contribution < 1.29 is 13.6 Å². The van der Waals surface area contributed by atoms with E-state index >= 15 is 0 Å². The van der Waals surface area contributed by atoms with Crippen LogP contribution >= 0.6 is 0 Å². The molecule has 1 unspecified atom stereocenters. The normalized spacial score (nSPS) is 14.8. The van der Waals surface area contributed by atoms with Crippen LogP contribution in [0.4, 0.5) is 8.78 Å². The largest absolute Gasteiger partial charge is 0.345 e. The van der Waals surface area contributed by atoms with Crippen molar-refractivity contribution >= 4 is 5.91 Å². The van der Waals surface area contributed by atoms with Crippen LogP contribution < -0.4 is 11.1 Å². The van der Waals surface area contributed by atoms with Gasteiger partial charge in [0.2, 0.25) is 5.91 Å². The van der Waals surface area contributed by atoms with Gasteiger partial charge in [0.25, 0.3) is 0 Å². The summed E-state index contributed by atoms with van der Waals surface area (Å²) < 4.78 is 26.3. The Labute approximate surface area is 134 Å². The van der Waals surface area contributed by atoms with Crippen LogP contribution in [0.15, 0.2) is 48.5 Å².